The molecule has 2 aliphatic rings. The van der Waals surface area contributed by atoms with Crippen molar-refractivity contribution in [3.05, 3.63) is 21.4 Å². The number of carbonyl (C=O) groups is 1. The van der Waals surface area contributed by atoms with Gasteiger partial charge in [0.2, 0.25) is 0 Å². The molecule has 4 heteroatoms. The number of piperidine rings is 1. The van der Waals surface area contributed by atoms with Gasteiger partial charge in [0.05, 0.1) is 17.0 Å². The highest BCUT2D eigenvalue weighted by Gasteiger charge is 2.32. The lowest BCUT2D eigenvalue weighted by Crippen LogP contribution is -2.48. The molecule has 19 heavy (non-hydrogen) atoms. The van der Waals surface area contributed by atoms with Gasteiger partial charge in [0.25, 0.3) is 5.91 Å². The van der Waals surface area contributed by atoms with Crippen molar-refractivity contribution < 1.29 is 9.90 Å². The van der Waals surface area contributed by atoms with E-state index in [4.69, 9.17) is 0 Å². The number of hydrogen-bond donors (Lipinski definition) is 1. The predicted molar refractivity (Wildman–Crippen MR) is 76.7 cm³/mol. The molecule has 104 valence electrons. The number of aryl methyl sites for hydroxylation is 2. The average molecular weight is 279 g/mol. The van der Waals surface area contributed by atoms with E-state index in [1.54, 1.807) is 18.3 Å². The van der Waals surface area contributed by atoms with Gasteiger partial charge >= 0.3 is 0 Å². The summed E-state index contributed by atoms with van der Waals surface area (Å²) >= 11 is 1.66. The Balaban J connectivity index is 1.81. The molecule has 0 radical (unpaired) electrons. The van der Waals surface area contributed by atoms with Gasteiger partial charge in [0.1, 0.15) is 0 Å². The van der Waals surface area contributed by atoms with Gasteiger partial charge in [-0.1, -0.05) is 0 Å². The second-order valence-corrected chi connectivity index (χ2v) is 6.85. The largest absolute Gasteiger partial charge is 0.391 e. The number of amides is 1. The van der Waals surface area contributed by atoms with Gasteiger partial charge in [-0.15, -0.1) is 11.3 Å². The van der Waals surface area contributed by atoms with Crippen LogP contribution in [0.15, 0.2) is 6.07 Å². The van der Waals surface area contributed by atoms with Crippen molar-refractivity contribution in [2.45, 2.75) is 57.6 Å². The van der Waals surface area contributed by atoms with Crippen LogP contribution in [0.1, 0.15) is 52.7 Å². The molecule has 1 amide bonds. The van der Waals surface area contributed by atoms with Gasteiger partial charge in [-0.3, -0.25) is 4.79 Å². The Morgan fingerprint density at radius 2 is 2.26 bits per heavy atom. The summed E-state index contributed by atoms with van der Waals surface area (Å²) in [4.78, 5) is 16.8. The quantitative estimate of drug-likeness (QED) is 0.904. The van der Waals surface area contributed by atoms with Crippen LogP contribution in [0.3, 0.4) is 0 Å². The normalized spacial score (nSPS) is 24.3. The van der Waals surface area contributed by atoms with E-state index in [2.05, 4.69) is 6.07 Å². The lowest BCUT2D eigenvalue weighted by Gasteiger charge is -2.37. The number of carbonyl (C=O) groups excluding carboxylic acids is 1. The molecular weight excluding hydrogens is 258 g/mol. The average Bonchev–Trinajstić information content (AvgIpc) is 2.98. The maximum Gasteiger partial charge on any atom is 0.264 e. The molecular formula is C15H21NO2S. The summed E-state index contributed by atoms with van der Waals surface area (Å²) in [5.74, 6) is 0.130. The number of fused-ring (bicyclic) bond motifs is 1. The van der Waals surface area contributed by atoms with E-state index < -0.39 is 6.10 Å². The first kappa shape index (κ1) is 13.1. The molecule has 1 fully saturated rings. The Labute approximate surface area is 118 Å². The molecule has 0 saturated carbocycles. The zero-order chi connectivity index (χ0) is 13.4. The molecule has 1 aromatic heterocycles. The standard InChI is InChI=1S/C15H21NO2S/c1-10(17)12-6-2-3-8-16(12)15(18)14-9-11-5-4-7-13(11)19-14/h9-10,12,17H,2-8H2,1H3. The van der Waals surface area contributed by atoms with Crippen LogP contribution in [-0.4, -0.2) is 34.6 Å². The van der Waals surface area contributed by atoms with E-state index in [-0.39, 0.29) is 11.9 Å². The molecule has 1 aromatic rings. The molecule has 2 unspecified atom stereocenters. The lowest BCUT2D eigenvalue weighted by molar-refractivity contribution is 0.0284. The third kappa shape index (κ3) is 2.43. The summed E-state index contributed by atoms with van der Waals surface area (Å²) in [5.41, 5.74) is 1.37. The highest BCUT2D eigenvalue weighted by Crippen LogP contribution is 2.32. The van der Waals surface area contributed by atoms with Gasteiger partial charge in [-0.25, -0.2) is 0 Å². The third-order valence-electron chi connectivity index (χ3n) is 4.32. The summed E-state index contributed by atoms with van der Waals surface area (Å²) in [7, 11) is 0. The zero-order valence-electron chi connectivity index (χ0n) is 11.4. The molecule has 0 aromatic carbocycles. The predicted octanol–water partition coefficient (Wildman–Crippen LogP) is 2.61. The smallest absolute Gasteiger partial charge is 0.264 e. The van der Waals surface area contributed by atoms with Gasteiger partial charge < -0.3 is 10.0 Å². The van der Waals surface area contributed by atoms with Crippen LogP contribution in [-0.2, 0) is 12.8 Å². The van der Waals surface area contributed by atoms with E-state index in [9.17, 15) is 9.90 Å². The van der Waals surface area contributed by atoms with E-state index >= 15 is 0 Å². The van der Waals surface area contributed by atoms with Gasteiger partial charge in [0, 0.05) is 11.4 Å². The summed E-state index contributed by atoms with van der Waals surface area (Å²) in [6, 6.07) is 2.08. The van der Waals surface area contributed by atoms with Crippen molar-refractivity contribution >= 4 is 17.2 Å². The molecule has 0 spiro atoms. The first-order valence-corrected chi connectivity index (χ1v) is 8.09. The number of likely N-dealkylation sites (tertiary alicyclic amines) is 1. The maximum absolute atomic E-state index is 12.6. The highest BCUT2D eigenvalue weighted by molar-refractivity contribution is 7.14. The summed E-state index contributed by atoms with van der Waals surface area (Å²) < 4.78 is 0. The van der Waals surface area contributed by atoms with Crippen LogP contribution in [0.25, 0.3) is 0 Å². The Kier molecular flexibility index (Phi) is 3.63. The Hall–Kier alpha value is -0.870. The monoisotopic (exact) mass is 279 g/mol. The summed E-state index contributed by atoms with van der Waals surface area (Å²) in [6.45, 7) is 2.58. The summed E-state index contributed by atoms with van der Waals surface area (Å²) in [6.07, 6.45) is 6.15. The van der Waals surface area contributed by atoms with Crippen LogP contribution >= 0.6 is 11.3 Å². The third-order valence-corrected chi connectivity index (χ3v) is 5.55. The fraction of sp³-hybridized carbons (Fsp3) is 0.667. The fourth-order valence-corrected chi connectivity index (χ4v) is 4.50. The first-order chi connectivity index (χ1) is 9.16. The van der Waals surface area contributed by atoms with E-state index in [0.29, 0.717) is 0 Å². The van der Waals surface area contributed by atoms with Crippen molar-refractivity contribution in [2.75, 3.05) is 6.54 Å². The van der Waals surface area contributed by atoms with Crippen LogP contribution in [0.2, 0.25) is 0 Å². The minimum Gasteiger partial charge on any atom is -0.391 e. The Morgan fingerprint density at radius 1 is 1.42 bits per heavy atom. The molecule has 2 atom stereocenters. The highest BCUT2D eigenvalue weighted by atomic mass is 32.1. The molecule has 1 aliphatic heterocycles. The number of rotatable bonds is 2. The van der Waals surface area contributed by atoms with Crippen molar-refractivity contribution in [2.24, 2.45) is 0 Å². The summed E-state index contributed by atoms with van der Waals surface area (Å²) in [5, 5.41) is 9.87. The molecule has 1 N–H and O–H groups in total. The van der Waals surface area contributed by atoms with Crippen LogP contribution in [0, 0.1) is 0 Å². The minimum atomic E-state index is -0.434. The first-order valence-electron chi connectivity index (χ1n) is 7.27. The van der Waals surface area contributed by atoms with Gasteiger partial charge in [-0.05, 0) is 57.1 Å². The van der Waals surface area contributed by atoms with Crippen molar-refractivity contribution in [1.82, 2.24) is 4.90 Å². The van der Waals surface area contributed by atoms with Crippen LogP contribution in [0.5, 0.6) is 0 Å². The maximum atomic E-state index is 12.6. The number of hydrogen-bond acceptors (Lipinski definition) is 3. The molecule has 2 heterocycles. The van der Waals surface area contributed by atoms with Crippen LogP contribution in [0.4, 0.5) is 0 Å². The van der Waals surface area contributed by atoms with Crippen molar-refractivity contribution in [3.63, 3.8) is 0 Å². The fourth-order valence-electron chi connectivity index (χ4n) is 3.29. The topological polar surface area (TPSA) is 40.5 Å². The number of aliphatic hydroxyl groups excluding tert-OH is 1. The van der Waals surface area contributed by atoms with E-state index in [1.165, 1.54) is 16.9 Å². The second kappa shape index (κ2) is 5.25. The second-order valence-electron chi connectivity index (χ2n) is 5.71. The number of thiophene rings is 1. The molecule has 1 saturated heterocycles. The van der Waals surface area contributed by atoms with Crippen molar-refractivity contribution in [1.29, 1.82) is 0 Å². The zero-order valence-corrected chi connectivity index (χ0v) is 12.2. The molecule has 1 aliphatic carbocycles. The van der Waals surface area contributed by atoms with Gasteiger partial charge in [0.15, 0.2) is 0 Å². The SMILES string of the molecule is CC(O)C1CCCCN1C(=O)c1cc2c(s1)CCC2. The van der Waals surface area contributed by atoms with Crippen LogP contribution < -0.4 is 0 Å². The number of aliphatic hydroxyl groups is 1. The molecule has 0 bridgehead atoms. The Morgan fingerprint density at radius 3 is 3.00 bits per heavy atom. The Bertz CT molecular complexity index is 459. The molecule has 3 nitrogen and oxygen atoms in total. The van der Waals surface area contributed by atoms with Gasteiger partial charge in [-0.2, -0.15) is 0 Å². The van der Waals surface area contributed by atoms with E-state index in [0.717, 1.165) is 43.5 Å². The van der Waals surface area contributed by atoms with Crippen molar-refractivity contribution in [3.8, 4) is 0 Å². The van der Waals surface area contributed by atoms with E-state index in [1.807, 2.05) is 4.90 Å². The minimum absolute atomic E-state index is 0.00168. The lowest BCUT2D eigenvalue weighted by atomic mass is 9.98. The molecule has 3 rings (SSSR count). The number of nitrogens with zero attached hydrogens (tertiary/aromatic N) is 1.